The second-order valence-electron chi connectivity index (χ2n) is 9.42. The smallest absolute Gasteiger partial charge is 0.411 e. The van der Waals surface area contributed by atoms with Crippen LogP contribution in [0.25, 0.3) is 11.1 Å². The Bertz CT molecular complexity index is 1160. The second-order valence-corrected chi connectivity index (χ2v) is 9.42. The van der Waals surface area contributed by atoms with Crippen LogP contribution in [0.1, 0.15) is 40.8 Å². The summed E-state index contributed by atoms with van der Waals surface area (Å²) >= 11 is 0. The van der Waals surface area contributed by atoms with E-state index in [4.69, 9.17) is 4.74 Å². The molecule has 168 valence electrons. The Balaban J connectivity index is 1.13. The van der Waals surface area contributed by atoms with Crippen molar-refractivity contribution in [3.63, 3.8) is 0 Å². The van der Waals surface area contributed by atoms with Crippen LogP contribution in [0.5, 0.6) is 0 Å². The zero-order valence-corrected chi connectivity index (χ0v) is 19.0. The number of nitrogens with one attached hydrogen (secondary N) is 1. The quantitative estimate of drug-likeness (QED) is 0.642. The van der Waals surface area contributed by atoms with E-state index in [1.165, 1.54) is 16.7 Å². The van der Waals surface area contributed by atoms with E-state index in [1.54, 1.807) is 0 Å². The van der Waals surface area contributed by atoms with Gasteiger partial charge >= 0.3 is 6.09 Å². The van der Waals surface area contributed by atoms with Crippen molar-refractivity contribution < 1.29 is 9.53 Å². The maximum Gasteiger partial charge on any atom is 0.411 e. The number of benzene rings is 3. The van der Waals surface area contributed by atoms with E-state index in [0.29, 0.717) is 6.54 Å². The van der Waals surface area contributed by atoms with Crippen LogP contribution in [-0.2, 0) is 24.4 Å². The van der Waals surface area contributed by atoms with Gasteiger partial charge in [0.2, 0.25) is 0 Å². The number of carbonyl (C=O) groups excluding carboxylic acids is 1. The highest BCUT2D eigenvalue weighted by Crippen LogP contribution is 2.45. The Labute approximate surface area is 195 Å². The Morgan fingerprint density at radius 1 is 0.939 bits per heavy atom. The monoisotopic (exact) mass is 439 g/mol. The molecule has 5 heteroatoms. The largest absolute Gasteiger partial charge is 0.436 e. The summed E-state index contributed by atoms with van der Waals surface area (Å²) in [7, 11) is 0. The fourth-order valence-electron chi connectivity index (χ4n) is 5.56. The average molecular weight is 440 g/mol. The molecule has 5 nitrogen and oxygen atoms in total. The van der Waals surface area contributed by atoms with Gasteiger partial charge in [-0.2, -0.15) is 0 Å². The average Bonchev–Trinajstić information content (AvgIpc) is 3.42. The van der Waals surface area contributed by atoms with E-state index >= 15 is 0 Å². The zero-order valence-electron chi connectivity index (χ0n) is 19.0. The summed E-state index contributed by atoms with van der Waals surface area (Å²) in [4.78, 5) is 17.6. The van der Waals surface area contributed by atoms with Gasteiger partial charge in [-0.1, -0.05) is 66.7 Å². The molecule has 1 N–H and O–H groups in total. The van der Waals surface area contributed by atoms with Gasteiger partial charge < -0.3 is 15.0 Å². The van der Waals surface area contributed by atoms with E-state index in [2.05, 4.69) is 59.6 Å². The van der Waals surface area contributed by atoms with Crippen LogP contribution in [0.4, 0.5) is 4.79 Å². The van der Waals surface area contributed by atoms with E-state index < -0.39 is 0 Å². The third-order valence-electron chi connectivity index (χ3n) is 7.25. The first-order valence-corrected chi connectivity index (χ1v) is 11.9. The molecule has 33 heavy (non-hydrogen) atoms. The zero-order chi connectivity index (χ0) is 22.4. The second kappa shape index (κ2) is 8.32. The molecule has 1 amide bonds. The van der Waals surface area contributed by atoms with Gasteiger partial charge in [0.1, 0.15) is 0 Å². The fourth-order valence-corrected chi connectivity index (χ4v) is 5.56. The molecule has 0 bridgehead atoms. The number of carbonyl (C=O) groups is 1. The van der Waals surface area contributed by atoms with Crippen molar-refractivity contribution in [2.45, 2.75) is 38.7 Å². The number of fused-ring (bicyclic) bond motifs is 4. The highest BCUT2D eigenvalue weighted by molar-refractivity contribution is 5.80. The standard InChI is InChI=1S/C28H29N3O2/c1-19-17-30(18-20-10-11-21-15-29-16-22(21)14-20)12-13-31(19)28(32)33-27-25-8-4-2-6-23(25)24-7-3-5-9-26(24)27/h2-11,14,19,27,29H,12-13,15-18H2,1H3. The van der Waals surface area contributed by atoms with Crippen molar-refractivity contribution in [1.82, 2.24) is 15.1 Å². The van der Waals surface area contributed by atoms with Gasteiger partial charge in [-0.05, 0) is 34.7 Å². The number of nitrogens with zero attached hydrogens (tertiary/aromatic N) is 2. The fraction of sp³-hybridized carbons (Fsp3) is 0.321. The minimum atomic E-state index is -0.338. The summed E-state index contributed by atoms with van der Waals surface area (Å²) in [5.41, 5.74) is 8.64. The maximum absolute atomic E-state index is 13.3. The predicted octanol–water partition coefficient (Wildman–Crippen LogP) is 4.70. The van der Waals surface area contributed by atoms with Crippen LogP contribution >= 0.6 is 0 Å². The first-order chi connectivity index (χ1) is 16.2. The van der Waals surface area contributed by atoms with Gasteiger partial charge in [0.25, 0.3) is 0 Å². The summed E-state index contributed by atoms with van der Waals surface area (Å²) in [6.07, 6.45) is -0.558. The van der Waals surface area contributed by atoms with Crippen LogP contribution in [0.15, 0.2) is 66.7 Å². The molecule has 3 aromatic carbocycles. The summed E-state index contributed by atoms with van der Waals surface area (Å²) in [6, 6.07) is 23.4. The topological polar surface area (TPSA) is 44.8 Å². The lowest BCUT2D eigenvalue weighted by molar-refractivity contribution is 0.0359. The minimum absolute atomic E-state index is 0.106. The van der Waals surface area contributed by atoms with Gasteiger partial charge in [0.15, 0.2) is 6.10 Å². The number of hydrogen-bond acceptors (Lipinski definition) is 4. The van der Waals surface area contributed by atoms with Crippen molar-refractivity contribution in [1.29, 1.82) is 0 Å². The van der Waals surface area contributed by atoms with E-state index in [9.17, 15) is 4.79 Å². The first kappa shape index (κ1) is 20.5. The maximum atomic E-state index is 13.3. The lowest BCUT2D eigenvalue weighted by Gasteiger charge is -2.39. The van der Waals surface area contributed by atoms with E-state index in [0.717, 1.165) is 55.0 Å². The Morgan fingerprint density at radius 2 is 1.64 bits per heavy atom. The molecule has 1 unspecified atom stereocenters. The third-order valence-corrected chi connectivity index (χ3v) is 7.25. The summed E-state index contributed by atoms with van der Waals surface area (Å²) < 4.78 is 6.14. The van der Waals surface area contributed by atoms with Crippen LogP contribution < -0.4 is 5.32 Å². The van der Waals surface area contributed by atoms with Crippen molar-refractivity contribution in [2.75, 3.05) is 19.6 Å². The molecule has 3 aliphatic rings. The molecule has 6 rings (SSSR count). The van der Waals surface area contributed by atoms with Crippen molar-refractivity contribution >= 4 is 6.09 Å². The predicted molar refractivity (Wildman–Crippen MR) is 129 cm³/mol. The molecule has 0 spiro atoms. The van der Waals surface area contributed by atoms with Crippen LogP contribution in [-0.4, -0.2) is 41.6 Å². The molecule has 1 atom stereocenters. The molecule has 3 aromatic rings. The van der Waals surface area contributed by atoms with Crippen molar-refractivity contribution in [3.8, 4) is 11.1 Å². The molecule has 1 fully saturated rings. The highest BCUT2D eigenvalue weighted by atomic mass is 16.6. The van der Waals surface area contributed by atoms with Crippen molar-refractivity contribution in [3.05, 3.63) is 94.5 Å². The molecule has 0 radical (unpaired) electrons. The molecular formula is C28H29N3O2. The van der Waals surface area contributed by atoms with Gasteiger partial charge in [0.05, 0.1) is 0 Å². The molecular weight excluding hydrogens is 410 g/mol. The first-order valence-electron chi connectivity index (χ1n) is 11.9. The normalized spacial score (nSPS) is 19.8. The van der Waals surface area contributed by atoms with Gasteiger partial charge in [-0.25, -0.2) is 4.79 Å². The number of ether oxygens (including phenoxy) is 1. The molecule has 0 saturated carbocycles. The number of amides is 1. The summed E-state index contributed by atoms with van der Waals surface area (Å²) in [5.74, 6) is 0. The van der Waals surface area contributed by atoms with E-state index in [-0.39, 0.29) is 18.2 Å². The van der Waals surface area contributed by atoms with Crippen LogP contribution in [0, 0.1) is 0 Å². The Kier molecular flexibility index (Phi) is 5.16. The number of rotatable bonds is 3. The van der Waals surface area contributed by atoms with Gasteiger partial charge in [-0.15, -0.1) is 0 Å². The Hall–Kier alpha value is -3.15. The SMILES string of the molecule is CC1CN(Cc2ccc3c(c2)CNC3)CCN1C(=O)OC1c2ccccc2-c2ccccc21. The minimum Gasteiger partial charge on any atom is -0.436 e. The highest BCUT2D eigenvalue weighted by Gasteiger charge is 2.35. The number of hydrogen-bond donors (Lipinski definition) is 1. The Morgan fingerprint density at radius 3 is 2.36 bits per heavy atom. The summed E-state index contributed by atoms with van der Waals surface area (Å²) in [6.45, 7) is 7.37. The molecule has 1 saturated heterocycles. The van der Waals surface area contributed by atoms with Crippen LogP contribution in [0.3, 0.4) is 0 Å². The lowest BCUT2D eigenvalue weighted by atomic mass is 10.1. The van der Waals surface area contributed by atoms with Gasteiger partial charge in [0, 0.05) is 56.4 Å². The van der Waals surface area contributed by atoms with Crippen LogP contribution in [0.2, 0.25) is 0 Å². The molecule has 2 heterocycles. The van der Waals surface area contributed by atoms with Crippen molar-refractivity contribution in [2.24, 2.45) is 0 Å². The lowest BCUT2D eigenvalue weighted by Crippen LogP contribution is -2.53. The van der Waals surface area contributed by atoms with Gasteiger partial charge in [-0.3, -0.25) is 4.90 Å². The molecule has 0 aromatic heterocycles. The number of piperazine rings is 1. The molecule has 2 aliphatic heterocycles. The van der Waals surface area contributed by atoms with E-state index in [1.807, 2.05) is 29.2 Å². The third kappa shape index (κ3) is 3.71. The molecule has 1 aliphatic carbocycles. The summed E-state index contributed by atoms with van der Waals surface area (Å²) in [5, 5.41) is 3.41.